The summed E-state index contributed by atoms with van der Waals surface area (Å²) < 4.78 is 29.0. The van der Waals surface area contributed by atoms with Gasteiger partial charge in [-0.1, -0.05) is 91.5 Å². The van der Waals surface area contributed by atoms with Crippen LogP contribution in [0.25, 0.3) is 0 Å². The Morgan fingerprint density at radius 3 is 2.24 bits per heavy atom. The van der Waals surface area contributed by atoms with E-state index in [9.17, 15) is 18.0 Å². The number of nitrogens with one attached hydrogen (secondary N) is 1. The van der Waals surface area contributed by atoms with Crippen LogP contribution in [0.2, 0.25) is 10.0 Å². The number of aryl methyl sites for hydroxylation is 2. The second-order valence-electron chi connectivity index (χ2n) is 9.91. The summed E-state index contributed by atoms with van der Waals surface area (Å²) in [4.78, 5) is 28.9. The van der Waals surface area contributed by atoms with E-state index in [1.54, 1.807) is 24.3 Å². The van der Waals surface area contributed by atoms with Gasteiger partial charge < -0.3 is 10.2 Å². The van der Waals surface area contributed by atoms with Crippen molar-refractivity contribution in [1.29, 1.82) is 0 Å². The van der Waals surface area contributed by atoms with E-state index in [0.717, 1.165) is 33.8 Å². The van der Waals surface area contributed by atoms with Crippen LogP contribution >= 0.6 is 23.2 Å². The van der Waals surface area contributed by atoms with Crippen molar-refractivity contribution in [2.45, 2.75) is 64.4 Å². The molecule has 0 heterocycles. The molecule has 1 atom stereocenters. The number of sulfonamides is 1. The maximum atomic E-state index is 14.2. The van der Waals surface area contributed by atoms with Gasteiger partial charge in [0.1, 0.15) is 12.6 Å². The molecule has 41 heavy (non-hydrogen) atoms. The molecule has 3 aromatic carbocycles. The number of unbranched alkanes of at least 4 members (excludes halogenated alkanes) is 1. The lowest BCUT2D eigenvalue weighted by atomic mass is 10.1. The number of nitrogens with zero attached hydrogens (tertiary/aromatic N) is 2. The third-order valence-corrected chi connectivity index (χ3v) is 9.49. The van der Waals surface area contributed by atoms with Crippen molar-refractivity contribution >= 4 is 50.7 Å². The van der Waals surface area contributed by atoms with Crippen molar-refractivity contribution in [3.8, 4) is 0 Å². The highest BCUT2D eigenvalue weighted by molar-refractivity contribution is 7.92. The summed E-state index contributed by atoms with van der Waals surface area (Å²) in [6.45, 7) is 7.68. The minimum atomic E-state index is -4.25. The molecule has 2 amide bonds. The fourth-order valence-electron chi connectivity index (χ4n) is 4.43. The molecule has 0 aliphatic rings. The van der Waals surface area contributed by atoms with Crippen molar-refractivity contribution in [2.75, 3.05) is 17.4 Å². The van der Waals surface area contributed by atoms with Gasteiger partial charge in [0.15, 0.2) is 0 Å². The Morgan fingerprint density at radius 1 is 0.927 bits per heavy atom. The van der Waals surface area contributed by atoms with Gasteiger partial charge in [0.05, 0.1) is 20.6 Å². The summed E-state index contributed by atoms with van der Waals surface area (Å²) in [5.74, 6) is -0.825. The maximum absolute atomic E-state index is 14.2. The quantitative estimate of drug-likeness (QED) is 0.221. The first-order chi connectivity index (χ1) is 19.5. The Kier molecular flexibility index (Phi) is 11.6. The van der Waals surface area contributed by atoms with E-state index in [1.165, 1.54) is 23.1 Å². The lowest BCUT2D eigenvalue weighted by Gasteiger charge is -2.33. The van der Waals surface area contributed by atoms with Crippen molar-refractivity contribution in [2.24, 2.45) is 0 Å². The highest BCUT2D eigenvalue weighted by Gasteiger charge is 2.34. The zero-order valence-corrected chi connectivity index (χ0v) is 26.2. The number of carbonyl (C=O) groups excluding carboxylic acids is 2. The number of carbonyl (C=O) groups is 2. The Bertz CT molecular complexity index is 1460. The molecule has 7 nitrogen and oxygen atoms in total. The van der Waals surface area contributed by atoms with Gasteiger partial charge in [-0.15, -0.1) is 0 Å². The van der Waals surface area contributed by atoms with Gasteiger partial charge in [-0.3, -0.25) is 13.9 Å². The van der Waals surface area contributed by atoms with Crippen molar-refractivity contribution < 1.29 is 18.0 Å². The van der Waals surface area contributed by atoms with Crippen LogP contribution in [0.4, 0.5) is 5.69 Å². The second kappa shape index (κ2) is 14.7. The number of benzene rings is 3. The first kappa shape index (κ1) is 32.4. The predicted molar refractivity (Wildman–Crippen MR) is 166 cm³/mol. The molecule has 0 unspecified atom stereocenters. The highest BCUT2D eigenvalue weighted by atomic mass is 35.5. The maximum Gasteiger partial charge on any atom is 0.264 e. The number of halogens is 2. The predicted octanol–water partition coefficient (Wildman–Crippen LogP) is 6.53. The molecular weight excluding hydrogens is 581 g/mol. The van der Waals surface area contributed by atoms with E-state index >= 15 is 0 Å². The smallest absolute Gasteiger partial charge is 0.264 e. The zero-order chi connectivity index (χ0) is 30.2. The molecule has 10 heteroatoms. The molecule has 3 rings (SSSR count). The van der Waals surface area contributed by atoms with Crippen LogP contribution in [0.3, 0.4) is 0 Å². The Labute approximate surface area is 253 Å². The van der Waals surface area contributed by atoms with E-state index in [1.807, 2.05) is 52.0 Å². The summed E-state index contributed by atoms with van der Waals surface area (Å²) in [5.41, 5.74) is 2.77. The van der Waals surface area contributed by atoms with Gasteiger partial charge in [-0.25, -0.2) is 8.42 Å². The Balaban J connectivity index is 2.09. The van der Waals surface area contributed by atoms with Crippen LogP contribution in [-0.2, 0) is 26.2 Å². The largest absolute Gasteiger partial charge is 0.354 e. The number of anilines is 1. The van der Waals surface area contributed by atoms with Crippen LogP contribution < -0.4 is 9.62 Å². The molecule has 0 aliphatic carbocycles. The summed E-state index contributed by atoms with van der Waals surface area (Å²) in [5, 5.41) is 3.09. The van der Waals surface area contributed by atoms with Gasteiger partial charge in [0, 0.05) is 13.1 Å². The summed E-state index contributed by atoms with van der Waals surface area (Å²) in [7, 11) is -4.25. The first-order valence-corrected chi connectivity index (χ1v) is 15.9. The second-order valence-corrected chi connectivity index (χ2v) is 12.6. The normalized spacial score (nSPS) is 12.0. The summed E-state index contributed by atoms with van der Waals surface area (Å²) in [6, 6.07) is 17.8. The molecule has 0 saturated carbocycles. The van der Waals surface area contributed by atoms with Gasteiger partial charge in [0.2, 0.25) is 11.8 Å². The molecule has 220 valence electrons. The summed E-state index contributed by atoms with van der Waals surface area (Å²) in [6.07, 6.45) is 2.07. The van der Waals surface area contributed by atoms with Gasteiger partial charge in [-0.05, 0) is 62.1 Å². The average molecular weight is 619 g/mol. The van der Waals surface area contributed by atoms with Crippen molar-refractivity contribution in [3.63, 3.8) is 0 Å². The highest BCUT2D eigenvalue weighted by Crippen LogP contribution is 2.35. The van der Waals surface area contributed by atoms with Crippen LogP contribution in [0.1, 0.15) is 49.8 Å². The molecule has 0 aliphatic heterocycles. The first-order valence-electron chi connectivity index (χ1n) is 13.7. The van der Waals surface area contributed by atoms with Gasteiger partial charge in [-0.2, -0.15) is 0 Å². The van der Waals surface area contributed by atoms with Crippen LogP contribution in [0.5, 0.6) is 0 Å². The zero-order valence-electron chi connectivity index (χ0n) is 23.9. The van der Waals surface area contributed by atoms with E-state index in [0.29, 0.717) is 13.0 Å². The number of hydrogen-bond donors (Lipinski definition) is 1. The topological polar surface area (TPSA) is 86.8 Å². The molecule has 3 aromatic rings. The molecule has 0 saturated heterocycles. The lowest BCUT2D eigenvalue weighted by Crippen LogP contribution is -2.52. The molecule has 0 radical (unpaired) electrons. The van der Waals surface area contributed by atoms with Crippen LogP contribution in [0, 0.1) is 13.8 Å². The number of amides is 2. The molecular formula is C31H37Cl2N3O4S. The molecule has 1 N–H and O–H groups in total. The van der Waals surface area contributed by atoms with E-state index < -0.39 is 28.5 Å². The number of rotatable bonds is 13. The molecule has 0 bridgehead atoms. The molecule has 0 aromatic heterocycles. The average Bonchev–Trinajstić information content (AvgIpc) is 2.94. The van der Waals surface area contributed by atoms with Crippen molar-refractivity contribution in [1.82, 2.24) is 10.2 Å². The van der Waals surface area contributed by atoms with Crippen molar-refractivity contribution in [3.05, 3.63) is 93.5 Å². The summed E-state index contributed by atoms with van der Waals surface area (Å²) >= 11 is 12.8. The third-order valence-electron chi connectivity index (χ3n) is 6.91. The van der Waals surface area contributed by atoms with Crippen LogP contribution in [0.15, 0.2) is 71.6 Å². The Morgan fingerprint density at radius 2 is 1.61 bits per heavy atom. The standard InChI is InChI=1S/C31H37Cl2N3O4S/c1-5-7-19-34-31(38)27(6-2)35(20-24-12-9-8-11-23(24)4)29(37)21-36(28-14-10-13-26(32)30(28)33)41(39,40)25-17-15-22(3)16-18-25/h8-18,27H,5-7,19-21H2,1-4H3,(H,34,38)/t27-/m1/s1. The number of hydrogen-bond acceptors (Lipinski definition) is 4. The van der Waals surface area contributed by atoms with E-state index in [-0.39, 0.29) is 33.1 Å². The fraction of sp³-hybridized carbons (Fsp3) is 0.355. The fourth-order valence-corrected chi connectivity index (χ4v) is 6.31. The van der Waals surface area contributed by atoms with Gasteiger partial charge >= 0.3 is 0 Å². The minimum absolute atomic E-state index is 0.00162. The Hall–Kier alpha value is -3.07. The third kappa shape index (κ3) is 8.03. The molecule has 0 fully saturated rings. The van der Waals surface area contributed by atoms with Crippen LogP contribution in [-0.4, -0.2) is 44.3 Å². The van der Waals surface area contributed by atoms with E-state index in [2.05, 4.69) is 5.32 Å². The van der Waals surface area contributed by atoms with Gasteiger partial charge in [0.25, 0.3) is 10.0 Å². The van der Waals surface area contributed by atoms with E-state index in [4.69, 9.17) is 23.2 Å². The monoisotopic (exact) mass is 617 g/mol. The molecule has 0 spiro atoms. The SMILES string of the molecule is CCCCNC(=O)[C@@H](CC)N(Cc1ccccc1C)C(=O)CN(c1cccc(Cl)c1Cl)S(=O)(=O)c1ccc(C)cc1. The lowest BCUT2D eigenvalue weighted by molar-refractivity contribution is -0.140. The minimum Gasteiger partial charge on any atom is -0.354 e.